The SMILES string of the molecule is Nc1nc2n(n1)C1=C(CCCC1)C1(CCCCC1)N2. The third-order valence-electron chi connectivity index (χ3n) is 4.95. The van der Waals surface area contributed by atoms with Gasteiger partial charge in [0.2, 0.25) is 11.9 Å². The molecule has 0 aromatic carbocycles. The number of anilines is 2. The topological polar surface area (TPSA) is 68.8 Å². The summed E-state index contributed by atoms with van der Waals surface area (Å²) in [6.07, 6.45) is 11.4. The molecule has 2 heterocycles. The second kappa shape index (κ2) is 3.99. The van der Waals surface area contributed by atoms with E-state index in [1.807, 2.05) is 4.68 Å². The summed E-state index contributed by atoms with van der Waals surface area (Å²) in [5.41, 5.74) is 8.92. The first-order valence-corrected chi connectivity index (χ1v) is 7.52. The van der Waals surface area contributed by atoms with Crippen molar-refractivity contribution in [2.75, 3.05) is 11.1 Å². The molecule has 5 heteroatoms. The summed E-state index contributed by atoms with van der Waals surface area (Å²) in [6.45, 7) is 0. The van der Waals surface area contributed by atoms with Crippen LogP contribution in [-0.4, -0.2) is 20.3 Å². The average Bonchev–Trinajstić information content (AvgIpc) is 2.81. The molecule has 1 fully saturated rings. The van der Waals surface area contributed by atoms with Gasteiger partial charge in [0, 0.05) is 5.70 Å². The number of nitrogens with one attached hydrogen (secondary N) is 1. The highest BCUT2D eigenvalue weighted by Gasteiger charge is 2.42. The second-order valence-electron chi connectivity index (χ2n) is 6.11. The van der Waals surface area contributed by atoms with Gasteiger partial charge in [-0.1, -0.05) is 19.3 Å². The average molecular weight is 259 g/mol. The van der Waals surface area contributed by atoms with Crippen molar-refractivity contribution in [2.45, 2.75) is 63.3 Å². The van der Waals surface area contributed by atoms with Crippen molar-refractivity contribution >= 4 is 17.6 Å². The lowest BCUT2D eigenvalue weighted by atomic mass is 9.71. The number of nitrogens with zero attached hydrogens (tertiary/aromatic N) is 3. The molecule has 3 aliphatic rings. The van der Waals surface area contributed by atoms with E-state index in [0.717, 1.165) is 12.4 Å². The minimum atomic E-state index is 0.156. The van der Waals surface area contributed by atoms with Crippen molar-refractivity contribution in [2.24, 2.45) is 0 Å². The summed E-state index contributed by atoms with van der Waals surface area (Å²) < 4.78 is 1.96. The van der Waals surface area contributed by atoms with Crippen LogP contribution < -0.4 is 11.1 Å². The van der Waals surface area contributed by atoms with Crippen molar-refractivity contribution in [1.82, 2.24) is 14.8 Å². The zero-order valence-corrected chi connectivity index (χ0v) is 11.3. The molecule has 0 amide bonds. The Morgan fingerprint density at radius 1 is 1.05 bits per heavy atom. The number of allylic oxidation sites excluding steroid dienone is 1. The van der Waals surface area contributed by atoms with Gasteiger partial charge in [-0.3, -0.25) is 0 Å². The zero-order chi connectivity index (χ0) is 12.9. The van der Waals surface area contributed by atoms with Crippen molar-refractivity contribution in [3.8, 4) is 0 Å². The molecule has 1 spiro atoms. The number of nitrogens with two attached hydrogens (primary N) is 1. The van der Waals surface area contributed by atoms with Gasteiger partial charge >= 0.3 is 0 Å². The summed E-state index contributed by atoms with van der Waals surface area (Å²) in [5, 5.41) is 8.06. The molecular formula is C14H21N5. The van der Waals surface area contributed by atoms with Gasteiger partial charge in [-0.05, 0) is 44.1 Å². The van der Waals surface area contributed by atoms with Crippen LogP contribution in [-0.2, 0) is 0 Å². The van der Waals surface area contributed by atoms with E-state index < -0.39 is 0 Å². The molecule has 1 saturated carbocycles. The first kappa shape index (κ1) is 11.3. The molecular weight excluding hydrogens is 238 g/mol. The monoisotopic (exact) mass is 259 g/mol. The van der Waals surface area contributed by atoms with E-state index >= 15 is 0 Å². The minimum Gasteiger partial charge on any atom is -0.366 e. The van der Waals surface area contributed by atoms with Crippen LogP contribution in [0.25, 0.3) is 5.70 Å². The summed E-state index contributed by atoms with van der Waals surface area (Å²) in [6, 6.07) is 0. The maximum Gasteiger partial charge on any atom is 0.241 e. The van der Waals surface area contributed by atoms with E-state index in [1.54, 1.807) is 5.57 Å². The van der Waals surface area contributed by atoms with Gasteiger partial charge in [-0.15, -0.1) is 5.10 Å². The lowest BCUT2D eigenvalue weighted by Gasteiger charge is -2.45. The van der Waals surface area contributed by atoms with Crippen molar-refractivity contribution in [1.29, 1.82) is 0 Å². The maximum absolute atomic E-state index is 5.79. The van der Waals surface area contributed by atoms with E-state index in [4.69, 9.17) is 5.73 Å². The van der Waals surface area contributed by atoms with Gasteiger partial charge in [0.25, 0.3) is 0 Å². The quantitative estimate of drug-likeness (QED) is 0.751. The minimum absolute atomic E-state index is 0.156. The molecule has 4 rings (SSSR count). The Hall–Kier alpha value is -1.52. The van der Waals surface area contributed by atoms with Crippen LogP contribution in [0.15, 0.2) is 5.57 Å². The fraction of sp³-hybridized carbons (Fsp3) is 0.714. The van der Waals surface area contributed by atoms with Crippen LogP contribution in [0.1, 0.15) is 57.8 Å². The van der Waals surface area contributed by atoms with Gasteiger partial charge in [-0.2, -0.15) is 4.98 Å². The number of fused-ring (bicyclic) bond motifs is 3. The molecule has 2 aliphatic carbocycles. The van der Waals surface area contributed by atoms with Crippen LogP contribution in [0, 0.1) is 0 Å². The van der Waals surface area contributed by atoms with Crippen LogP contribution in [0.2, 0.25) is 0 Å². The molecule has 3 N–H and O–H groups in total. The fourth-order valence-electron chi connectivity index (χ4n) is 4.11. The van der Waals surface area contributed by atoms with Crippen LogP contribution in [0.3, 0.4) is 0 Å². The van der Waals surface area contributed by atoms with Crippen LogP contribution >= 0.6 is 0 Å². The predicted octanol–water partition coefficient (Wildman–Crippen LogP) is 2.77. The molecule has 0 saturated heterocycles. The van der Waals surface area contributed by atoms with Crippen molar-refractivity contribution in [3.05, 3.63) is 5.57 Å². The smallest absolute Gasteiger partial charge is 0.241 e. The van der Waals surface area contributed by atoms with E-state index in [0.29, 0.717) is 5.95 Å². The van der Waals surface area contributed by atoms with E-state index in [1.165, 1.54) is 57.1 Å². The second-order valence-corrected chi connectivity index (χ2v) is 6.11. The number of aromatic nitrogens is 3. The van der Waals surface area contributed by atoms with Gasteiger partial charge < -0.3 is 11.1 Å². The highest BCUT2D eigenvalue weighted by molar-refractivity contribution is 5.66. The molecule has 0 bridgehead atoms. The normalized spacial score (nSPS) is 24.8. The lowest BCUT2D eigenvalue weighted by molar-refractivity contribution is 0.345. The molecule has 0 atom stereocenters. The summed E-state index contributed by atoms with van der Waals surface area (Å²) in [5.74, 6) is 1.24. The Balaban J connectivity index is 1.87. The van der Waals surface area contributed by atoms with E-state index in [2.05, 4.69) is 15.4 Å². The maximum atomic E-state index is 5.79. The molecule has 5 nitrogen and oxygen atoms in total. The first-order valence-electron chi connectivity index (χ1n) is 7.52. The van der Waals surface area contributed by atoms with Gasteiger partial charge in [0.1, 0.15) is 0 Å². The third-order valence-corrected chi connectivity index (χ3v) is 4.95. The molecule has 0 radical (unpaired) electrons. The standard InChI is InChI=1S/C14H21N5/c15-12-16-13-17-14(8-4-1-5-9-14)10-6-2-3-7-11(10)19(13)18-12/h1-9H2,(H3,15,16,17,18). The van der Waals surface area contributed by atoms with E-state index in [-0.39, 0.29) is 5.54 Å². The molecule has 1 aromatic heterocycles. The molecule has 1 aromatic rings. The number of hydrogen-bond acceptors (Lipinski definition) is 4. The highest BCUT2D eigenvalue weighted by Crippen LogP contribution is 2.47. The summed E-state index contributed by atoms with van der Waals surface area (Å²) >= 11 is 0. The Morgan fingerprint density at radius 3 is 2.68 bits per heavy atom. The van der Waals surface area contributed by atoms with E-state index in [9.17, 15) is 0 Å². The third kappa shape index (κ3) is 1.60. The molecule has 0 unspecified atom stereocenters. The Bertz CT molecular complexity index is 536. The summed E-state index contributed by atoms with van der Waals surface area (Å²) in [4.78, 5) is 4.38. The van der Waals surface area contributed by atoms with Gasteiger partial charge in [0.05, 0.1) is 5.54 Å². The zero-order valence-electron chi connectivity index (χ0n) is 11.3. The van der Waals surface area contributed by atoms with Crippen LogP contribution in [0.5, 0.6) is 0 Å². The molecule has 19 heavy (non-hydrogen) atoms. The Labute approximate surface area is 113 Å². The predicted molar refractivity (Wildman–Crippen MR) is 75.6 cm³/mol. The number of hydrogen-bond donors (Lipinski definition) is 2. The number of rotatable bonds is 0. The first-order chi connectivity index (χ1) is 9.28. The Kier molecular flexibility index (Phi) is 2.37. The van der Waals surface area contributed by atoms with Crippen molar-refractivity contribution < 1.29 is 0 Å². The van der Waals surface area contributed by atoms with Gasteiger partial charge in [0.15, 0.2) is 0 Å². The summed E-state index contributed by atoms with van der Waals surface area (Å²) in [7, 11) is 0. The van der Waals surface area contributed by atoms with Crippen molar-refractivity contribution in [3.63, 3.8) is 0 Å². The molecule has 102 valence electrons. The van der Waals surface area contributed by atoms with Gasteiger partial charge in [-0.25, -0.2) is 4.68 Å². The number of nitrogen functional groups attached to an aromatic ring is 1. The highest BCUT2D eigenvalue weighted by atomic mass is 15.4. The molecule has 1 aliphatic heterocycles. The lowest BCUT2D eigenvalue weighted by Crippen LogP contribution is -2.47. The largest absolute Gasteiger partial charge is 0.366 e. The van der Waals surface area contributed by atoms with Crippen LogP contribution in [0.4, 0.5) is 11.9 Å². The fourth-order valence-corrected chi connectivity index (χ4v) is 4.11. The Morgan fingerprint density at radius 2 is 1.84 bits per heavy atom.